The van der Waals surface area contributed by atoms with Crippen molar-refractivity contribution in [2.24, 2.45) is 0 Å². The predicted molar refractivity (Wildman–Crippen MR) is 68.1 cm³/mol. The maximum atomic E-state index is 11.8. The molecular weight excluding hydrogens is 254 g/mol. The highest BCUT2D eigenvalue weighted by atomic mass is 35.5. The Morgan fingerprint density at radius 1 is 1.22 bits per heavy atom. The third-order valence-electron chi connectivity index (χ3n) is 2.81. The van der Waals surface area contributed by atoms with Gasteiger partial charge in [-0.25, -0.2) is 9.59 Å². The SMILES string of the molecule is CC1(C)NC(=O)NC(=O)N1Cc1ccc(Cl)cc1. The van der Waals surface area contributed by atoms with Crippen molar-refractivity contribution in [2.45, 2.75) is 26.1 Å². The number of amides is 4. The molecule has 0 radical (unpaired) electrons. The minimum absolute atomic E-state index is 0.399. The Morgan fingerprint density at radius 2 is 1.83 bits per heavy atom. The highest BCUT2D eigenvalue weighted by Crippen LogP contribution is 2.19. The van der Waals surface area contributed by atoms with Crippen LogP contribution in [0.15, 0.2) is 24.3 Å². The van der Waals surface area contributed by atoms with Crippen molar-refractivity contribution < 1.29 is 9.59 Å². The van der Waals surface area contributed by atoms with E-state index in [1.807, 2.05) is 12.1 Å². The van der Waals surface area contributed by atoms with Crippen LogP contribution in [0.3, 0.4) is 0 Å². The number of carbonyl (C=O) groups is 2. The van der Waals surface area contributed by atoms with Crippen LogP contribution in [-0.2, 0) is 6.54 Å². The van der Waals surface area contributed by atoms with Gasteiger partial charge in [0.1, 0.15) is 5.66 Å². The number of urea groups is 2. The van der Waals surface area contributed by atoms with Crippen LogP contribution in [-0.4, -0.2) is 22.6 Å². The van der Waals surface area contributed by atoms with E-state index in [9.17, 15) is 9.59 Å². The van der Waals surface area contributed by atoms with Crippen molar-refractivity contribution in [3.8, 4) is 0 Å². The Morgan fingerprint density at radius 3 is 2.39 bits per heavy atom. The molecule has 0 saturated carbocycles. The minimum Gasteiger partial charge on any atom is -0.315 e. The van der Waals surface area contributed by atoms with Gasteiger partial charge in [0.05, 0.1) is 0 Å². The molecule has 2 N–H and O–H groups in total. The van der Waals surface area contributed by atoms with Gasteiger partial charge in [-0.15, -0.1) is 0 Å². The van der Waals surface area contributed by atoms with Crippen molar-refractivity contribution in [1.29, 1.82) is 0 Å². The topological polar surface area (TPSA) is 61.4 Å². The van der Waals surface area contributed by atoms with Crippen LogP contribution in [0.2, 0.25) is 5.02 Å². The molecule has 1 fully saturated rings. The molecule has 1 aliphatic rings. The third kappa shape index (κ3) is 2.56. The van der Waals surface area contributed by atoms with Crippen LogP contribution in [0.4, 0.5) is 9.59 Å². The summed E-state index contributed by atoms with van der Waals surface area (Å²) in [4.78, 5) is 24.6. The minimum atomic E-state index is -0.723. The second-order valence-corrected chi connectivity index (χ2v) is 5.09. The van der Waals surface area contributed by atoms with Gasteiger partial charge in [-0.1, -0.05) is 23.7 Å². The Hall–Kier alpha value is -1.75. The van der Waals surface area contributed by atoms with Crippen molar-refractivity contribution >= 4 is 23.7 Å². The highest BCUT2D eigenvalue weighted by Gasteiger charge is 2.37. The molecule has 18 heavy (non-hydrogen) atoms. The number of nitrogens with zero attached hydrogens (tertiary/aromatic N) is 1. The fourth-order valence-electron chi connectivity index (χ4n) is 1.84. The number of hydrogen-bond donors (Lipinski definition) is 2. The van der Waals surface area contributed by atoms with Gasteiger partial charge in [0, 0.05) is 11.6 Å². The van der Waals surface area contributed by atoms with Gasteiger partial charge in [-0.05, 0) is 31.5 Å². The van der Waals surface area contributed by atoms with E-state index in [0.29, 0.717) is 11.6 Å². The van der Waals surface area contributed by atoms with Crippen LogP contribution in [0.1, 0.15) is 19.4 Å². The summed E-state index contributed by atoms with van der Waals surface area (Å²) < 4.78 is 0. The predicted octanol–water partition coefficient (Wildman–Crippen LogP) is 2.31. The molecule has 1 saturated heterocycles. The van der Waals surface area contributed by atoms with Crippen LogP contribution in [0, 0.1) is 0 Å². The largest absolute Gasteiger partial charge is 0.327 e. The monoisotopic (exact) mass is 267 g/mol. The number of rotatable bonds is 2. The average Bonchev–Trinajstić information content (AvgIpc) is 2.25. The molecule has 6 heteroatoms. The van der Waals surface area contributed by atoms with Gasteiger partial charge < -0.3 is 5.32 Å². The number of hydrogen-bond acceptors (Lipinski definition) is 2. The van der Waals surface area contributed by atoms with Gasteiger partial charge in [0.2, 0.25) is 0 Å². The van der Waals surface area contributed by atoms with Crippen LogP contribution < -0.4 is 10.6 Å². The summed E-state index contributed by atoms with van der Waals surface area (Å²) in [6.45, 7) is 3.95. The second-order valence-electron chi connectivity index (χ2n) is 4.66. The summed E-state index contributed by atoms with van der Waals surface area (Å²) in [7, 11) is 0. The third-order valence-corrected chi connectivity index (χ3v) is 3.07. The van der Waals surface area contributed by atoms with Crippen LogP contribution in [0.5, 0.6) is 0 Å². The van der Waals surface area contributed by atoms with E-state index < -0.39 is 17.7 Å². The van der Waals surface area contributed by atoms with Gasteiger partial charge in [-0.3, -0.25) is 10.2 Å². The molecular formula is C12H14ClN3O2. The van der Waals surface area contributed by atoms with Gasteiger partial charge >= 0.3 is 12.1 Å². The molecule has 1 aromatic carbocycles. The molecule has 1 aliphatic heterocycles. The lowest BCUT2D eigenvalue weighted by Crippen LogP contribution is -2.68. The summed E-state index contributed by atoms with van der Waals surface area (Å²) in [6, 6.07) is 6.36. The molecule has 1 heterocycles. The maximum absolute atomic E-state index is 11.8. The van der Waals surface area contributed by atoms with Gasteiger partial charge in [0.15, 0.2) is 0 Å². The summed E-state index contributed by atoms with van der Waals surface area (Å²) in [6.07, 6.45) is 0. The smallest absolute Gasteiger partial charge is 0.315 e. The highest BCUT2D eigenvalue weighted by molar-refractivity contribution is 6.30. The molecule has 5 nitrogen and oxygen atoms in total. The Bertz CT molecular complexity index is 485. The fourth-order valence-corrected chi connectivity index (χ4v) is 1.96. The molecule has 2 rings (SSSR count). The number of benzene rings is 1. The number of nitrogens with one attached hydrogen (secondary N) is 2. The van der Waals surface area contributed by atoms with Crippen molar-refractivity contribution in [1.82, 2.24) is 15.5 Å². The molecule has 4 amide bonds. The number of imide groups is 1. The van der Waals surface area contributed by atoms with Crippen molar-refractivity contribution in [3.05, 3.63) is 34.9 Å². The van der Waals surface area contributed by atoms with E-state index >= 15 is 0 Å². The van der Waals surface area contributed by atoms with Crippen LogP contribution in [0.25, 0.3) is 0 Å². The van der Waals surface area contributed by atoms with Crippen LogP contribution >= 0.6 is 11.6 Å². The zero-order valence-electron chi connectivity index (χ0n) is 10.2. The van der Waals surface area contributed by atoms with Gasteiger partial charge in [-0.2, -0.15) is 0 Å². The molecule has 0 spiro atoms. The lowest BCUT2D eigenvalue weighted by molar-refractivity contribution is 0.0947. The fraction of sp³-hybridized carbons (Fsp3) is 0.333. The first kappa shape index (κ1) is 12.7. The maximum Gasteiger partial charge on any atom is 0.327 e. The summed E-state index contributed by atoms with van der Waals surface area (Å²) >= 11 is 5.81. The Labute approximate surface area is 110 Å². The van der Waals surface area contributed by atoms with Crippen molar-refractivity contribution in [3.63, 3.8) is 0 Å². The quantitative estimate of drug-likeness (QED) is 0.864. The van der Waals surface area contributed by atoms with Crippen molar-refractivity contribution in [2.75, 3.05) is 0 Å². The first-order valence-electron chi connectivity index (χ1n) is 5.54. The standard InChI is InChI=1S/C12H14ClN3O2/c1-12(2)15-10(17)14-11(18)16(12)7-8-3-5-9(13)6-4-8/h3-6H,7H2,1-2H3,(H2,14,15,17,18). The van der Waals surface area contributed by atoms with Gasteiger partial charge in [0.25, 0.3) is 0 Å². The molecule has 0 unspecified atom stereocenters. The Balaban J connectivity index is 2.19. The molecule has 0 bridgehead atoms. The molecule has 0 aliphatic carbocycles. The lowest BCUT2D eigenvalue weighted by atomic mass is 10.1. The number of carbonyl (C=O) groups excluding carboxylic acids is 2. The van der Waals surface area contributed by atoms with E-state index in [2.05, 4.69) is 10.6 Å². The average molecular weight is 268 g/mol. The zero-order chi connectivity index (χ0) is 13.3. The zero-order valence-corrected chi connectivity index (χ0v) is 10.9. The summed E-state index contributed by atoms with van der Waals surface area (Å²) in [5, 5.41) is 5.57. The molecule has 0 atom stereocenters. The normalized spacial score (nSPS) is 18.3. The summed E-state index contributed by atoms with van der Waals surface area (Å²) in [5.74, 6) is 0. The van der Waals surface area contributed by atoms with E-state index in [0.717, 1.165) is 5.56 Å². The molecule has 0 aromatic heterocycles. The lowest BCUT2D eigenvalue weighted by Gasteiger charge is -2.42. The second kappa shape index (κ2) is 4.49. The summed E-state index contributed by atoms with van der Waals surface area (Å²) in [5.41, 5.74) is 0.220. The molecule has 1 aromatic rings. The van der Waals surface area contributed by atoms with E-state index in [-0.39, 0.29) is 0 Å². The Kier molecular flexibility index (Phi) is 3.17. The van der Waals surface area contributed by atoms with E-state index in [4.69, 9.17) is 11.6 Å². The van der Waals surface area contributed by atoms with E-state index in [1.165, 1.54) is 0 Å². The van der Waals surface area contributed by atoms with E-state index in [1.54, 1.807) is 30.9 Å². The molecule has 96 valence electrons. The number of halogens is 1. The first-order chi connectivity index (χ1) is 8.38. The first-order valence-corrected chi connectivity index (χ1v) is 5.91.